The smallest absolute Gasteiger partial charge is 0.0537 e. The first kappa shape index (κ1) is 12.0. The summed E-state index contributed by atoms with van der Waals surface area (Å²) in [6.07, 6.45) is 1.01. The summed E-state index contributed by atoms with van der Waals surface area (Å²) in [5, 5.41) is 7.27. The third kappa shape index (κ3) is 1.73. The Labute approximate surface area is 125 Å². The van der Waals surface area contributed by atoms with E-state index in [-0.39, 0.29) is 0 Å². The van der Waals surface area contributed by atoms with E-state index in [2.05, 4.69) is 53.2 Å². The Balaban J connectivity index is 1.90. The van der Waals surface area contributed by atoms with Gasteiger partial charge in [0.05, 0.1) is 9.75 Å². The predicted molar refractivity (Wildman–Crippen MR) is 91.3 cm³/mol. The molecule has 2 aromatic heterocycles. The fraction of sp³-hybridized carbons (Fsp3) is 0.0667. The van der Waals surface area contributed by atoms with E-state index in [0.29, 0.717) is 0 Å². The fourth-order valence-electron chi connectivity index (χ4n) is 2.65. The lowest BCUT2D eigenvalue weighted by molar-refractivity contribution is 1.41. The standard InChI is InChI=1S/C15H11PS3/c17-16(10-11-4-2-1-3-5-11)12-6-8-18-14(12)15-13(16)7-9-19-15/h1-9H,10H2. The summed E-state index contributed by atoms with van der Waals surface area (Å²) in [6, 6.07) is 13.6. The van der Waals surface area contributed by atoms with Crippen molar-refractivity contribution in [3.63, 3.8) is 0 Å². The molecule has 3 heterocycles. The lowest BCUT2D eigenvalue weighted by atomic mass is 10.2. The normalized spacial score (nSPS) is 15.2. The summed E-state index contributed by atoms with van der Waals surface area (Å²) in [7, 11) is 0. The second kappa shape index (κ2) is 4.39. The van der Waals surface area contributed by atoms with Crippen LogP contribution in [0.4, 0.5) is 0 Å². The van der Waals surface area contributed by atoms with Gasteiger partial charge in [-0.2, -0.15) is 0 Å². The Morgan fingerprint density at radius 1 is 0.842 bits per heavy atom. The molecule has 4 rings (SSSR count). The second-order valence-corrected chi connectivity index (χ2v) is 11.1. The van der Waals surface area contributed by atoms with Crippen LogP contribution in [0.1, 0.15) is 5.56 Å². The molecule has 19 heavy (non-hydrogen) atoms. The van der Waals surface area contributed by atoms with Gasteiger partial charge >= 0.3 is 0 Å². The third-order valence-electron chi connectivity index (χ3n) is 3.52. The van der Waals surface area contributed by atoms with Crippen LogP contribution in [0, 0.1) is 0 Å². The maximum absolute atomic E-state index is 6.19. The molecule has 0 aliphatic carbocycles. The largest absolute Gasteiger partial charge is 0.142 e. The van der Waals surface area contributed by atoms with Gasteiger partial charge in [-0.15, -0.1) is 22.7 Å². The number of thiophene rings is 2. The number of fused-ring (bicyclic) bond motifs is 3. The van der Waals surface area contributed by atoms with Crippen molar-refractivity contribution in [2.75, 3.05) is 0 Å². The Kier molecular flexibility index (Phi) is 2.78. The average Bonchev–Trinajstić information content (AvgIpc) is 3.11. The Morgan fingerprint density at radius 2 is 1.42 bits per heavy atom. The highest BCUT2D eigenvalue weighted by molar-refractivity contribution is 8.22. The van der Waals surface area contributed by atoms with Crippen molar-refractivity contribution in [2.45, 2.75) is 6.16 Å². The molecular weight excluding hydrogens is 307 g/mol. The van der Waals surface area contributed by atoms with Gasteiger partial charge in [-0.25, -0.2) is 0 Å². The van der Waals surface area contributed by atoms with Gasteiger partial charge in [-0.3, -0.25) is 0 Å². The molecule has 0 saturated heterocycles. The van der Waals surface area contributed by atoms with E-state index in [0.717, 1.165) is 6.16 Å². The molecule has 0 amide bonds. The lowest BCUT2D eigenvalue weighted by Gasteiger charge is -2.17. The highest BCUT2D eigenvalue weighted by atomic mass is 32.4. The summed E-state index contributed by atoms with van der Waals surface area (Å²) in [4.78, 5) is 2.87. The van der Waals surface area contributed by atoms with Gasteiger partial charge < -0.3 is 0 Å². The molecule has 0 nitrogen and oxygen atoms in total. The van der Waals surface area contributed by atoms with E-state index in [1.807, 2.05) is 22.7 Å². The maximum Gasteiger partial charge on any atom is 0.0537 e. The van der Waals surface area contributed by atoms with Crippen LogP contribution >= 0.6 is 28.7 Å². The molecule has 0 bridgehead atoms. The first-order chi connectivity index (χ1) is 9.29. The first-order valence-electron chi connectivity index (χ1n) is 6.08. The molecule has 4 heteroatoms. The summed E-state index contributed by atoms with van der Waals surface area (Å²) < 4.78 is 0. The van der Waals surface area contributed by atoms with Crippen molar-refractivity contribution in [2.24, 2.45) is 0 Å². The SMILES string of the molecule is S=P1(Cc2ccccc2)c2ccsc2-c2sccc21. The van der Waals surface area contributed by atoms with Crippen molar-refractivity contribution in [1.29, 1.82) is 0 Å². The average molecular weight is 318 g/mol. The van der Waals surface area contributed by atoms with Crippen LogP contribution in [-0.2, 0) is 18.0 Å². The topological polar surface area (TPSA) is 0 Å². The molecule has 0 unspecified atom stereocenters. The molecular formula is C15H11PS3. The zero-order valence-electron chi connectivity index (χ0n) is 10.1. The van der Waals surface area contributed by atoms with Gasteiger partial charge in [-0.1, -0.05) is 42.1 Å². The maximum atomic E-state index is 6.19. The van der Waals surface area contributed by atoms with Crippen molar-refractivity contribution in [3.05, 3.63) is 58.8 Å². The zero-order chi connectivity index (χ0) is 12.9. The summed E-state index contributed by atoms with van der Waals surface area (Å²) in [5.41, 5.74) is 1.36. The predicted octanol–water partition coefficient (Wildman–Crippen LogP) is 4.42. The monoisotopic (exact) mass is 318 g/mol. The molecule has 0 atom stereocenters. The molecule has 1 aliphatic heterocycles. The number of benzene rings is 1. The van der Waals surface area contributed by atoms with Crippen LogP contribution in [0.2, 0.25) is 0 Å². The zero-order valence-corrected chi connectivity index (χ0v) is 13.4. The van der Waals surface area contributed by atoms with Crippen molar-refractivity contribution >= 4 is 51.1 Å². The van der Waals surface area contributed by atoms with Gasteiger partial charge in [0.15, 0.2) is 0 Å². The fourth-order valence-corrected chi connectivity index (χ4v) is 10.6. The van der Waals surface area contributed by atoms with Crippen LogP contribution in [0.3, 0.4) is 0 Å². The minimum absolute atomic E-state index is 1.01. The van der Waals surface area contributed by atoms with E-state index in [1.165, 1.54) is 25.9 Å². The van der Waals surface area contributed by atoms with Crippen LogP contribution < -0.4 is 10.6 Å². The van der Waals surface area contributed by atoms with Gasteiger partial charge in [0.25, 0.3) is 0 Å². The molecule has 0 radical (unpaired) electrons. The van der Waals surface area contributed by atoms with E-state index in [1.54, 1.807) is 0 Å². The van der Waals surface area contributed by atoms with Crippen molar-refractivity contribution in [1.82, 2.24) is 0 Å². The molecule has 94 valence electrons. The highest BCUT2D eigenvalue weighted by Gasteiger charge is 2.36. The highest BCUT2D eigenvalue weighted by Crippen LogP contribution is 2.58. The van der Waals surface area contributed by atoms with Crippen molar-refractivity contribution in [3.8, 4) is 9.75 Å². The van der Waals surface area contributed by atoms with Crippen LogP contribution in [0.25, 0.3) is 9.75 Å². The summed E-state index contributed by atoms with van der Waals surface area (Å²) >= 11 is 9.88. The van der Waals surface area contributed by atoms with E-state index in [4.69, 9.17) is 11.8 Å². The molecule has 0 spiro atoms. The molecule has 1 aliphatic rings. The number of hydrogen-bond donors (Lipinski definition) is 0. The first-order valence-corrected chi connectivity index (χ1v) is 10.8. The van der Waals surface area contributed by atoms with E-state index >= 15 is 0 Å². The minimum atomic E-state index is -1.62. The van der Waals surface area contributed by atoms with E-state index < -0.39 is 6.04 Å². The van der Waals surface area contributed by atoms with Gasteiger partial charge in [0.1, 0.15) is 0 Å². The number of rotatable bonds is 2. The number of hydrogen-bond acceptors (Lipinski definition) is 3. The molecule has 0 saturated carbocycles. The van der Waals surface area contributed by atoms with Gasteiger partial charge in [0, 0.05) is 22.8 Å². The quantitative estimate of drug-likeness (QED) is 0.630. The van der Waals surface area contributed by atoms with Crippen LogP contribution in [0.5, 0.6) is 0 Å². The van der Waals surface area contributed by atoms with Crippen LogP contribution in [-0.4, -0.2) is 0 Å². The second-order valence-electron chi connectivity index (χ2n) is 4.65. The molecule has 0 fully saturated rings. The lowest BCUT2D eigenvalue weighted by Crippen LogP contribution is -2.09. The van der Waals surface area contributed by atoms with Crippen molar-refractivity contribution < 1.29 is 0 Å². The Hall–Kier alpha value is -0.730. The van der Waals surface area contributed by atoms with Gasteiger partial charge in [0.2, 0.25) is 0 Å². The molecule has 3 aromatic rings. The van der Waals surface area contributed by atoms with E-state index in [9.17, 15) is 0 Å². The molecule has 1 aromatic carbocycles. The Morgan fingerprint density at radius 3 is 2.00 bits per heavy atom. The summed E-state index contributed by atoms with van der Waals surface area (Å²) in [6.45, 7) is 0. The van der Waals surface area contributed by atoms with Gasteiger partial charge in [-0.05, 0) is 28.5 Å². The minimum Gasteiger partial charge on any atom is -0.142 e. The Bertz CT molecular complexity index is 738. The third-order valence-corrected chi connectivity index (χ3v) is 10.5. The van der Waals surface area contributed by atoms with Crippen LogP contribution in [0.15, 0.2) is 53.2 Å². The molecule has 0 N–H and O–H groups in total. The summed E-state index contributed by atoms with van der Waals surface area (Å²) in [5.74, 6) is 0.